The molecule has 0 atom stereocenters. The van der Waals surface area contributed by atoms with Gasteiger partial charge in [-0.2, -0.15) is 4.73 Å². The van der Waals surface area contributed by atoms with Crippen LogP contribution in [0.25, 0.3) is 0 Å². The van der Waals surface area contributed by atoms with Crippen LogP contribution >= 0.6 is 0 Å². The Balaban J connectivity index is 2.09. The molecule has 1 fully saturated rings. The van der Waals surface area contributed by atoms with Crippen LogP contribution in [0.15, 0.2) is 24.5 Å². The molecule has 0 aromatic carbocycles. The van der Waals surface area contributed by atoms with Crippen LogP contribution in [0.3, 0.4) is 0 Å². The third-order valence-corrected chi connectivity index (χ3v) is 2.22. The number of imide groups is 1. The van der Waals surface area contributed by atoms with Crippen LogP contribution in [-0.2, 0) is 14.4 Å². The minimum Gasteiger partial charge on any atom is -0.619 e. The highest BCUT2D eigenvalue weighted by atomic mass is 16.7. The fraction of sp³-hybridized carbons (Fsp3) is 0.200. The van der Waals surface area contributed by atoms with Gasteiger partial charge in [0, 0.05) is 25.0 Å². The predicted molar refractivity (Wildman–Crippen MR) is 51.9 cm³/mol. The lowest BCUT2D eigenvalue weighted by atomic mass is 10.3. The summed E-state index contributed by atoms with van der Waals surface area (Å²) in [5.41, 5.74) is 0.0876. The lowest BCUT2D eigenvalue weighted by Crippen LogP contribution is -2.32. The molecule has 0 unspecified atom stereocenters. The average Bonchev–Trinajstić information content (AvgIpc) is 2.61. The Morgan fingerprint density at radius 3 is 2.29 bits per heavy atom. The highest BCUT2D eigenvalue weighted by Gasteiger charge is 2.33. The second kappa shape index (κ2) is 4.20. The van der Waals surface area contributed by atoms with Gasteiger partial charge in [-0.05, 0) is 0 Å². The molecule has 1 aromatic heterocycles. The molecule has 88 valence electrons. The van der Waals surface area contributed by atoms with Gasteiger partial charge in [0.05, 0.1) is 5.56 Å². The maximum absolute atomic E-state index is 11.5. The van der Waals surface area contributed by atoms with Crippen LogP contribution in [0.5, 0.6) is 0 Å². The van der Waals surface area contributed by atoms with E-state index in [9.17, 15) is 19.6 Å². The molecule has 0 aliphatic carbocycles. The molecular formula is C10H8N2O5. The fourth-order valence-corrected chi connectivity index (χ4v) is 1.34. The van der Waals surface area contributed by atoms with Gasteiger partial charge in [-0.3, -0.25) is 9.59 Å². The van der Waals surface area contributed by atoms with Gasteiger partial charge in [0.1, 0.15) is 0 Å². The molecule has 2 rings (SSSR count). The fourth-order valence-electron chi connectivity index (χ4n) is 1.34. The zero-order valence-corrected chi connectivity index (χ0v) is 8.66. The van der Waals surface area contributed by atoms with Gasteiger partial charge in [-0.25, -0.2) is 4.79 Å². The van der Waals surface area contributed by atoms with E-state index < -0.39 is 17.8 Å². The van der Waals surface area contributed by atoms with E-state index in [0.717, 1.165) is 12.4 Å². The Morgan fingerprint density at radius 2 is 1.76 bits per heavy atom. The van der Waals surface area contributed by atoms with Crippen molar-refractivity contribution in [2.45, 2.75) is 12.8 Å². The van der Waals surface area contributed by atoms with Crippen LogP contribution in [0.4, 0.5) is 0 Å². The van der Waals surface area contributed by atoms with Crippen molar-refractivity contribution >= 4 is 17.8 Å². The van der Waals surface area contributed by atoms with E-state index in [2.05, 4.69) is 4.84 Å². The number of carbonyl (C=O) groups excluding carboxylic acids is 3. The molecule has 7 nitrogen and oxygen atoms in total. The number of hydrogen-bond acceptors (Lipinski definition) is 5. The number of nitrogens with zero attached hydrogens (tertiary/aromatic N) is 2. The van der Waals surface area contributed by atoms with Gasteiger partial charge in [0.15, 0.2) is 12.4 Å². The molecular weight excluding hydrogens is 228 g/mol. The topological polar surface area (TPSA) is 90.6 Å². The van der Waals surface area contributed by atoms with E-state index in [1.807, 2.05) is 0 Å². The summed E-state index contributed by atoms with van der Waals surface area (Å²) >= 11 is 0. The van der Waals surface area contributed by atoms with E-state index >= 15 is 0 Å². The summed E-state index contributed by atoms with van der Waals surface area (Å²) in [6, 6.07) is 2.47. The molecule has 1 saturated heterocycles. The number of pyridine rings is 1. The van der Waals surface area contributed by atoms with Crippen LogP contribution < -0.4 is 4.73 Å². The first-order valence-electron chi connectivity index (χ1n) is 4.85. The number of rotatable bonds is 2. The van der Waals surface area contributed by atoms with Crippen molar-refractivity contribution in [2.24, 2.45) is 0 Å². The highest BCUT2D eigenvalue weighted by Crippen LogP contribution is 2.13. The Kier molecular flexibility index (Phi) is 2.73. The molecule has 0 radical (unpaired) electrons. The summed E-state index contributed by atoms with van der Waals surface area (Å²) in [5, 5.41) is 11.2. The Labute approximate surface area is 95.7 Å². The summed E-state index contributed by atoms with van der Waals surface area (Å²) in [7, 11) is 0. The second-order valence-electron chi connectivity index (χ2n) is 3.41. The van der Waals surface area contributed by atoms with Gasteiger partial charge >= 0.3 is 5.97 Å². The number of aromatic nitrogens is 1. The zero-order valence-electron chi connectivity index (χ0n) is 8.66. The summed E-state index contributed by atoms with van der Waals surface area (Å²) in [6.45, 7) is 0. The minimum atomic E-state index is -0.853. The third-order valence-electron chi connectivity index (χ3n) is 2.22. The molecule has 1 aromatic rings. The molecule has 0 saturated carbocycles. The van der Waals surface area contributed by atoms with Crippen molar-refractivity contribution in [3.8, 4) is 0 Å². The standard InChI is InChI=1S/C10H8N2O5/c13-8-1-2-9(14)12(8)17-10(15)7-3-5-11(16)6-4-7/h3-6H,1-2H2. The lowest BCUT2D eigenvalue weighted by molar-refractivity contribution is -0.605. The predicted octanol–water partition coefficient (Wildman–Crippen LogP) is -0.459. The number of hydroxylamine groups is 2. The average molecular weight is 236 g/mol. The van der Waals surface area contributed by atoms with Gasteiger partial charge in [-0.1, -0.05) is 0 Å². The van der Waals surface area contributed by atoms with Gasteiger partial charge < -0.3 is 10.0 Å². The van der Waals surface area contributed by atoms with Crippen LogP contribution in [0, 0.1) is 5.21 Å². The van der Waals surface area contributed by atoms with E-state index in [0.29, 0.717) is 9.79 Å². The largest absolute Gasteiger partial charge is 0.619 e. The van der Waals surface area contributed by atoms with Crippen molar-refractivity contribution < 1.29 is 24.0 Å². The minimum absolute atomic E-state index is 0.0431. The Morgan fingerprint density at radius 1 is 1.24 bits per heavy atom. The Bertz CT molecular complexity index is 466. The maximum atomic E-state index is 11.5. The molecule has 17 heavy (non-hydrogen) atoms. The second-order valence-corrected chi connectivity index (χ2v) is 3.41. The molecule has 0 spiro atoms. The smallest absolute Gasteiger partial charge is 0.364 e. The van der Waals surface area contributed by atoms with Crippen molar-refractivity contribution in [3.63, 3.8) is 0 Å². The first-order chi connectivity index (χ1) is 8.08. The highest BCUT2D eigenvalue weighted by molar-refractivity contribution is 6.02. The quantitative estimate of drug-likeness (QED) is 0.393. The van der Waals surface area contributed by atoms with Crippen molar-refractivity contribution in [3.05, 3.63) is 35.3 Å². The lowest BCUT2D eigenvalue weighted by Gasteiger charge is -2.12. The summed E-state index contributed by atoms with van der Waals surface area (Å²) in [6.07, 6.45) is 2.32. The van der Waals surface area contributed by atoms with E-state index in [1.165, 1.54) is 12.1 Å². The van der Waals surface area contributed by atoms with Crippen molar-refractivity contribution in [1.29, 1.82) is 0 Å². The summed E-state index contributed by atoms with van der Waals surface area (Å²) in [5.74, 6) is -1.94. The van der Waals surface area contributed by atoms with Crippen LogP contribution in [0.1, 0.15) is 23.2 Å². The molecule has 2 heterocycles. The van der Waals surface area contributed by atoms with Crippen molar-refractivity contribution in [1.82, 2.24) is 5.06 Å². The summed E-state index contributed by atoms with van der Waals surface area (Å²) < 4.78 is 0.503. The normalized spacial score (nSPS) is 15.2. The van der Waals surface area contributed by atoms with Gasteiger partial charge in [0.2, 0.25) is 0 Å². The van der Waals surface area contributed by atoms with E-state index in [4.69, 9.17) is 0 Å². The number of hydrogen-bond donors (Lipinski definition) is 0. The SMILES string of the molecule is O=C(ON1C(=O)CCC1=O)c1cc[n+]([O-])cc1. The number of amides is 2. The van der Waals surface area contributed by atoms with E-state index in [-0.39, 0.29) is 18.4 Å². The first kappa shape index (κ1) is 11.1. The van der Waals surface area contributed by atoms with Crippen LogP contribution in [-0.4, -0.2) is 22.8 Å². The zero-order chi connectivity index (χ0) is 12.4. The monoisotopic (exact) mass is 236 g/mol. The number of carbonyl (C=O) groups is 3. The third kappa shape index (κ3) is 2.22. The molecule has 7 heteroatoms. The van der Waals surface area contributed by atoms with E-state index in [1.54, 1.807) is 0 Å². The molecule has 1 aliphatic heterocycles. The molecule has 1 aliphatic rings. The van der Waals surface area contributed by atoms with Crippen molar-refractivity contribution in [2.75, 3.05) is 0 Å². The maximum Gasteiger partial charge on any atom is 0.364 e. The van der Waals surface area contributed by atoms with Gasteiger partial charge in [0.25, 0.3) is 11.8 Å². The molecule has 0 bridgehead atoms. The molecule has 0 N–H and O–H groups in total. The molecule has 2 amide bonds. The Hall–Kier alpha value is -2.44. The first-order valence-corrected chi connectivity index (χ1v) is 4.85. The summed E-state index contributed by atoms with van der Waals surface area (Å²) in [4.78, 5) is 38.5. The van der Waals surface area contributed by atoms with Gasteiger partial charge in [-0.15, -0.1) is 5.06 Å². The van der Waals surface area contributed by atoms with Crippen LogP contribution in [0.2, 0.25) is 0 Å².